The van der Waals surface area contributed by atoms with E-state index in [0.717, 1.165) is 19.3 Å². The van der Waals surface area contributed by atoms with E-state index in [2.05, 4.69) is 19.9 Å². The van der Waals surface area contributed by atoms with Crippen molar-refractivity contribution in [3.63, 3.8) is 0 Å². The number of carboxylic acid groups (broad SMARTS) is 1. The van der Waals surface area contributed by atoms with Gasteiger partial charge in [0.25, 0.3) is 0 Å². The van der Waals surface area contributed by atoms with Crippen molar-refractivity contribution in [2.45, 2.75) is 39.5 Å². The summed E-state index contributed by atoms with van der Waals surface area (Å²) < 4.78 is 0. The first-order valence-corrected chi connectivity index (χ1v) is 3.98. The van der Waals surface area contributed by atoms with Crippen molar-refractivity contribution in [1.29, 1.82) is 0 Å². The summed E-state index contributed by atoms with van der Waals surface area (Å²) in [5, 5.41) is 8.31. The lowest BCUT2D eigenvalue weighted by Crippen LogP contribution is -1.92. The Kier molecular flexibility index (Phi) is 5.53. The Labute approximate surface area is 67.9 Å². The SMILES string of the molecule is CC(C)=CCCCCC(=O)O. The van der Waals surface area contributed by atoms with E-state index in [1.165, 1.54) is 5.57 Å². The third kappa shape index (κ3) is 9.21. The summed E-state index contributed by atoms with van der Waals surface area (Å²) in [5.74, 6) is -0.692. The molecule has 0 saturated heterocycles. The Bertz CT molecular complexity index is 144. The number of rotatable bonds is 5. The van der Waals surface area contributed by atoms with Crippen LogP contribution in [-0.2, 0) is 4.79 Å². The second-order valence-electron chi connectivity index (χ2n) is 2.92. The van der Waals surface area contributed by atoms with Crippen LogP contribution in [0.3, 0.4) is 0 Å². The van der Waals surface area contributed by atoms with Crippen LogP contribution in [0.4, 0.5) is 0 Å². The van der Waals surface area contributed by atoms with E-state index in [1.807, 2.05) is 0 Å². The van der Waals surface area contributed by atoms with Gasteiger partial charge in [0.05, 0.1) is 0 Å². The minimum Gasteiger partial charge on any atom is -0.481 e. The molecule has 0 amide bonds. The number of hydrogen-bond donors (Lipinski definition) is 1. The third-order valence-corrected chi connectivity index (χ3v) is 1.40. The van der Waals surface area contributed by atoms with E-state index in [0.29, 0.717) is 6.42 Å². The molecular weight excluding hydrogens is 140 g/mol. The number of carboxylic acids is 1. The fourth-order valence-electron chi connectivity index (χ4n) is 0.811. The van der Waals surface area contributed by atoms with Crippen LogP contribution in [0.15, 0.2) is 11.6 Å². The Morgan fingerprint density at radius 3 is 2.45 bits per heavy atom. The smallest absolute Gasteiger partial charge is 0.303 e. The van der Waals surface area contributed by atoms with Crippen molar-refractivity contribution in [2.24, 2.45) is 0 Å². The molecule has 0 rings (SSSR count). The monoisotopic (exact) mass is 156 g/mol. The highest BCUT2D eigenvalue weighted by molar-refractivity contribution is 5.66. The third-order valence-electron chi connectivity index (χ3n) is 1.40. The molecule has 0 aliphatic carbocycles. The largest absolute Gasteiger partial charge is 0.481 e. The molecule has 1 N–H and O–H groups in total. The van der Waals surface area contributed by atoms with Crippen molar-refractivity contribution in [2.75, 3.05) is 0 Å². The van der Waals surface area contributed by atoms with Gasteiger partial charge in [-0.2, -0.15) is 0 Å². The van der Waals surface area contributed by atoms with Gasteiger partial charge in [-0.05, 0) is 33.1 Å². The molecule has 0 aromatic rings. The highest BCUT2D eigenvalue weighted by atomic mass is 16.4. The second kappa shape index (κ2) is 5.96. The predicted molar refractivity (Wildman–Crippen MR) is 45.5 cm³/mol. The maximum absolute atomic E-state index is 10.1. The van der Waals surface area contributed by atoms with Crippen molar-refractivity contribution >= 4 is 5.97 Å². The Hall–Kier alpha value is -0.790. The molecule has 2 heteroatoms. The summed E-state index contributed by atoms with van der Waals surface area (Å²) in [5.41, 5.74) is 1.31. The molecule has 0 spiro atoms. The maximum Gasteiger partial charge on any atom is 0.303 e. The molecule has 0 aromatic heterocycles. The highest BCUT2D eigenvalue weighted by Crippen LogP contribution is 2.02. The lowest BCUT2D eigenvalue weighted by molar-refractivity contribution is -0.137. The number of hydrogen-bond acceptors (Lipinski definition) is 1. The first-order valence-electron chi connectivity index (χ1n) is 3.98. The molecule has 0 saturated carbocycles. The molecule has 2 nitrogen and oxygen atoms in total. The van der Waals surface area contributed by atoms with E-state index in [-0.39, 0.29) is 0 Å². The predicted octanol–water partition coefficient (Wildman–Crippen LogP) is 2.60. The van der Waals surface area contributed by atoms with Gasteiger partial charge in [0.1, 0.15) is 0 Å². The van der Waals surface area contributed by atoms with Gasteiger partial charge >= 0.3 is 5.97 Å². The molecule has 0 heterocycles. The van der Waals surface area contributed by atoms with Crippen LogP contribution in [0.25, 0.3) is 0 Å². The first-order chi connectivity index (χ1) is 5.13. The van der Waals surface area contributed by atoms with Crippen molar-refractivity contribution in [3.05, 3.63) is 11.6 Å². The summed E-state index contributed by atoms with van der Waals surface area (Å²) in [6, 6.07) is 0. The molecule has 0 aliphatic rings. The van der Waals surface area contributed by atoms with Crippen LogP contribution in [0.1, 0.15) is 39.5 Å². The summed E-state index contributed by atoms with van der Waals surface area (Å²) in [4.78, 5) is 10.1. The van der Waals surface area contributed by atoms with E-state index < -0.39 is 5.97 Å². The van der Waals surface area contributed by atoms with Crippen LogP contribution in [-0.4, -0.2) is 11.1 Å². The van der Waals surface area contributed by atoms with E-state index in [9.17, 15) is 4.79 Å². The zero-order valence-corrected chi connectivity index (χ0v) is 7.26. The maximum atomic E-state index is 10.1. The lowest BCUT2D eigenvalue weighted by Gasteiger charge is -1.93. The number of unbranched alkanes of at least 4 members (excludes halogenated alkanes) is 2. The average Bonchev–Trinajstić information content (AvgIpc) is 1.85. The van der Waals surface area contributed by atoms with Gasteiger partial charge in [-0.15, -0.1) is 0 Å². The molecule has 0 unspecified atom stereocenters. The number of aliphatic carboxylic acids is 1. The molecule has 0 bridgehead atoms. The molecule has 0 aromatic carbocycles. The normalized spacial score (nSPS) is 9.27. The molecule has 11 heavy (non-hydrogen) atoms. The second-order valence-corrected chi connectivity index (χ2v) is 2.92. The fraction of sp³-hybridized carbons (Fsp3) is 0.667. The summed E-state index contributed by atoms with van der Waals surface area (Å²) in [7, 11) is 0. The molecular formula is C9H16O2. The number of carbonyl (C=O) groups is 1. The zero-order valence-electron chi connectivity index (χ0n) is 7.26. The van der Waals surface area contributed by atoms with Gasteiger partial charge in [0, 0.05) is 6.42 Å². The van der Waals surface area contributed by atoms with Crippen LogP contribution in [0, 0.1) is 0 Å². The van der Waals surface area contributed by atoms with Crippen molar-refractivity contribution in [1.82, 2.24) is 0 Å². The van der Waals surface area contributed by atoms with Gasteiger partial charge in [-0.1, -0.05) is 11.6 Å². The van der Waals surface area contributed by atoms with Gasteiger partial charge in [0.2, 0.25) is 0 Å². The van der Waals surface area contributed by atoms with Crippen molar-refractivity contribution < 1.29 is 9.90 Å². The van der Waals surface area contributed by atoms with Crippen LogP contribution in [0.5, 0.6) is 0 Å². The van der Waals surface area contributed by atoms with Gasteiger partial charge in [0.15, 0.2) is 0 Å². The molecule has 0 radical (unpaired) electrons. The minimum absolute atomic E-state index is 0.302. The Morgan fingerprint density at radius 1 is 1.36 bits per heavy atom. The van der Waals surface area contributed by atoms with Crippen LogP contribution in [0.2, 0.25) is 0 Å². The van der Waals surface area contributed by atoms with Gasteiger partial charge in [-0.3, -0.25) is 4.79 Å². The van der Waals surface area contributed by atoms with Gasteiger partial charge < -0.3 is 5.11 Å². The lowest BCUT2D eigenvalue weighted by atomic mass is 10.1. The number of allylic oxidation sites excluding steroid dienone is 2. The minimum atomic E-state index is -0.692. The quantitative estimate of drug-likeness (QED) is 0.490. The molecule has 0 aliphatic heterocycles. The van der Waals surface area contributed by atoms with E-state index in [4.69, 9.17) is 5.11 Å². The topological polar surface area (TPSA) is 37.3 Å². The Morgan fingerprint density at radius 2 is 2.00 bits per heavy atom. The summed E-state index contributed by atoms with van der Waals surface area (Å²) >= 11 is 0. The fourth-order valence-corrected chi connectivity index (χ4v) is 0.811. The molecule has 64 valence electrons. The molecule has 0 fully saturated rings. The Balaban J connectivity index is 3.15. The van der Waals surface area contributed by atoms with Crippen LogP contribution >= 0.6 is 0 Å². The standard InChI is InChI=1S/C9H16O2/c1-8(2)6-4-3-5-7-9(10)11/h6H,3-5,7H2,1-2H3,(H,10,11). The highest BCUT2D eigenvalue weighted by Gasteiger charge is 1.94. The van der Waals surface area contributed by atoms with E-state index >= 15 is 0 Å². The van der Waals surface area contributed by atoms with E-state index in [1.54, 1.807) is 0 Å². The summed E-state index contributed by atoms with van der Waals surface area (Å²) in [6.45, 7) is 4.11. The van der Waals surface area contributed by atoms with Gasteiger partial charge in [-0.25, -0.2) is 0 Å². The summed E-state index contributed by atoms with van der Waals surface area (Å²) in [6.07, 6.45) is 5.23. The average molecular weight is 156 g/mol. The van der Waals surface area contributed by atoms with Crippen molar-refractivity contribution in [3.8, 4) is 0 Å². The first kappa shape index (κ1) is 10.2. The zero-order chi connectivity index (χ0) is 8.69. The van der Waals surface area contributed by atoms with Crippen LogP contribution < -0.4 is 0 Å². The molecule has 0 atom stereocenters.